The van der Waals surface area contributed by atoms with Gasteiger partial charge in [0.15, 0.2) is 0 Å². The monoisotopic (exact) mass is 241 g/mol. The summed E-state index contributed by atoms with van der Waals surface area (Å²) in [5, 5.41) is 3.39. The van der Waals surface area contributed by atoms with E-state index in [2.05, 4.69) is 5.32 Å². The quantitative estimate of drug-likeness (QED) is 0.882. The van der Waals surface area contributed by atoms with Gasteiger partial charge in [-0.1, -0.05) is 25.4 Å². The van der Waals surface area contributed by atoms with Crippen LogP contribution in [0.25, 0.3) is 0 Å². The molecule has 1 aromatic carbocycles. The van der Waals surface area contributed by atoms with Crippen LogP contribution >= 0.6 is 11.6 Å². The highest BCUT2D eigenvalue weighted by Crippen LogP contribution is 2.31. The van der Waals surface area contributed by atoms with Crippen LogP contribution in [0.1, 0.15) is 19.4 Å². The van der Waals surface area contributed by atoms with E-state index in [1.54, 1.807) is 19.2 Å². The zero-order valence-electron chi connectivity index (χ0n) is 9.93. The van der Waals surface area contributed by atoms with Crippen LogP contribution in [0.15, 0.2) is 12.1 Å². The van der Waals surface area contributed by atoms with Crippen LogP contribution < -0.4 is 10.1 Å². The molecule has 88 valence electrons. The number of hydrogen-bond acceptors (Lipinski definition) is 2. The summed E-state index contributed by atoms with van der Waals surface area (Å²) in [6, 6.07) is 3.51. The van der Waals surface area contributed by atoms with Gasteiger partial charge >= 0.3 is 0 Å². The van der Waals surface area contributed by atoms with E-state index >= 15 is 0 Å². The molecular weight excluding hydrogens is 226 g/mol. The lowest BCUT2D eigenvalue weighted by molar-refractivity contribution is -0.118. The number of anilines is 1. The van der Waals surface area contributed by atoms with Crippen molar-refractivity contribution in [1.29, 1.82) is 0 Å². The first kappa shape index (κ1) is 12.8. The van der Waals surface area contributed by atoms with E-state index in [1.807, 2.05) is 20.8 Å². The maximum Gasteiger partial charge on any atom is 0.227 e. The number of carbonyl (C=O) groups is 1. The summed E-state index contributed by atoms with van der Waals surface area (Å²) in [5.41, 5.74) is 1.53. The minimum atomic E-state index is -0.0789. The van der Waals surface area contributed by atoms with Crippen molar-refractivity contribution >= 4 is 23.2 Å². The Balaban J connectivity index is 3.03. The second-order valence-corrected chi connectivity index (χ2v) is 4.35. The molecule has 1 aromatic rings. The van der Waals surface area contributed by atoms with Gasteiger partial charge in [0.1, 0.15) is 5.75 Å². The molecule has 1 rings (SSSR count). The van der Waals surface area contributed by atoms with Crippen molar-refractivity contribution in [1.82, 2.24) is 0 Å². The summed E-state index contributed by atoms with van der Waals surface area (Å²) in [4.78, 5) is 11.6. The topological polar surface area (TPSA) is 38.3 Å². The van der Waals surface area contributed by atoms with E-state index in [-0.39, 0.29) is 11.8 Å². The molecule has 0 spiro atoms. The van der Waals surface area contributed by atoms with Crippen molar-refractivity contribution in [3.8, 4) is 5.75 Å². The molecule has 3 nitrogen and oxygen atoms in total. The Morgan fingerprint density at radius 3 is 2.56 bits per heavy atom. The lowest BCUT2D eigenvalue weighted by Crippen LogP contribution is -2.18. The van der Waals surface area contributed by atoms with Gasteiger partial charge in [0.2, 0.25) is 5.91 Å². The Morgan fingerprint density at radius 2 is 2.06 bits per heavy atom. The van der Waals surface area contributed by atoms with E-state index in [0.29, 0.717) is 16.5 Å². The first-order chi connectivity index (χ1) is 7.45. The molecule has 0 aromatic heterocycles. The van der Waals surface area contributed by atoms with Crippen molar-refractivity contribution < 1.29 is 9.53 Å². The number of ether oxygens (including phenoxy) is 1. The minimum Gasteiger partial charge on any atom is -0.495 e. The highest BCUT2D eigenvalue weighted by molar-refractivity contribution is 6.31. The summed E-state index contributed by atoms with van der Waals surface area (Å²) in [5.74, 6) is 0.485. The maximum atomic E-state index is 11.6. The Hall–Kier alpha value is -1.22. The third kappa shape index (κ3) is 2.89. The normalized spacial score (nSPS) is 10.4. The number of rotatable bonds is 3. The second kappa shape index (κ2) is 5.21. The fourth-order valence-electron chi connectivity index (χ4n) is 1.20. The highest BCUT2D eigenvalue weighted by Gasteiger charge is 2.12. The molecule has 0 heterocycles. The predicted molar refractivity (Wildman–Crippen MR) is 66.2 cm³/mol. The van der Waals surface area contributed by atoms with Gasteiger partial charge in [0.25, 0.3) is 0 Å². The van der Waals surface area contributed by atoms with E-state index in [9.17, 15) is 4.79 Å². The number of nitrogens with one attached hydrogen (secondary N) is 1. The van der Waals surface area contributed by atoms with Crippen molar-refractivity contribution in [2.45, 2.75) is 20.8 Å². The van der Waals surface area contributed by atoms with Gasteiger partial charge < -0.3 is 10.1 Å². The number of amides is 1. The van der Waals surface area contributed by atoms with Crippen LogP contribution in [0.5, 0.6) is 5.75 Å². The van der Waals surface area contributed by atoms with E-state index in [4.69, 9.17) is 16.3 Å². The fourth-order valence-corrected chi connectivity index (χ4v) is 1.36. The zero-order chi connectivity index (χ0) is 12.3. The first-order valence-corrected chi connectivity index (χ1v) is 5.48. The molecule has 1 amide bonds. The molecule has 0 bridgehead atoms. The Kier molecular flexibility index (Phi) is 4.19. The SMILES string of the molecule is COc1cc(C)c(Cl)cc1NC(=O)C(C)C. The van der Waals surface area contributed by atoms with Gasteiger partial charge in [0, 0.05) is 10.9 Å². The average Bonchev–Trinajstić information content (AvgIpc) is 2.22. The molecule has 4 heteroatoms. The number of hydrogen-bond donors (Lipinski definition) is 1. The standard InChI is InChI=1S/C12H16ClNO2/c1-7(2)12(15)14-10-6-9(13)8(3)5-11(10)16-4/h5-7H,1-4H3,(H,14,15). The molecule has 0 saturated heterocycles. The average molecular weight is 242 g/mol. The third-order valence-electron chi connectivity index (χ3n) is 2.26. The first-order valence-electron chi connectivity index (χ1n) is 5.10. The summed E-state index contributed by atoms with van der Waals surface area (Å²) in [6.07, 6.45) is 0. The van der Waals surface area contributed by atoms with Crippen LogP contribution in [-0.2, 0) is 4.79 Å². The van der Waals surface area contributed by atoms with Crippen LogP contribution in [-0.4, -0.2) is 13.0 Å². The van der Waals surface area contributed by atoms with Gasteiger partial charge in [-0.05, 0) is 24.6 Å². The van der Waals surface area contributed by atoms with Crippen molar-refractivity contribution in [3.63, 3.8) is 0 Å². The second-order valence-electron chi connectivity index (χ2n) is 3.95. The Bertz CT molecular complexity index is 402. The number of aryl methyl sites for hydroxylation is 1. The molecule has 0 unspecified atom stereocenters. The Morgan fingerprint density at radius 1 is 1.44 bits per heavy atom. The summed E-state index contributed by atoms with van der Waals surface area (Å²) in [6.45, 7) is 5.55. The predicted octanol–water partition coefficient (Wildman–Crippen LogP) is 3.25. The molecule has 0 aliphatic heterocycles. The van der Waals surface area contributed by atoms with Gasteiger partial charge in [-0.15, -0.1) is 0 Å². The molecule has 0 saturated carbocycles. The van der Waals surface area contributed by atoms with Crippen LogP contribution in [0.4, 0.5) is 5.69 Å². The summed E-state index contributed by atoms with van der Waals surface area (Å²) < 4.78 is 5.19. The lowest BCUT2D eigenvalue weighted by atomic mass is 10.1. The molecule has 0 aliphatic rings. The molecule has 16 heavy (non-hydrogen) atoms. The summed E-state index contributed by atoms with van der Waals surface area (Å²) >= 11 is 6.00. The number of methoxy groups -OCH3 is 1. The van der Waals surface area contributed by atoms with Gasteiger partial charge in [0.05, 0.1) is 12.8 Å². The fraction of sp³-hybridized carbons (Fsp3) is 0.417. The minimum absolute atomic E-state index is 0.0572. The molecular formula is C12H16ClNO2. The van der Waals surface area contributed by atoms with Gasteiger partial charge in [-0.2, -0.15) is 0 Å². The molecule has 0 atom stereocenters. The molecule has 0 fully saturated rings. The molecule has 0 radical (unpaired) electrons. The van der Waals surface area contributed by atoms with E-state index < -0.39 is 0 Å². The van der Waals surface area contributed by atoms with Crippen LogP contribution in [0, 0.1) is 12.8 Å². The maximum absolute atomic E-state index is 11.6. The molecule has 0 aliphatic carbocycles. The molecule has 1 N–H and O–H groups in total. The lowest BCUT2D eigenvalue weighted by Gasteiger charge is -2.13. The zero-order valence-corrected chi connectivity index (χ0v) is 10.7. The van der Waals surface area contributed by atoms with Gasteiger partial charge in [-0.25, -0.2) is 0 Å². The summed E-state index contributed by atoms with van der Waals surface area (Å²) in [7, 11) is 1.56. The van der Waals surface area contributed by atoms with Crippen LogP contribution in [0.3, 0.4) is 0 Å². The Labute approximate surface area is 101 Å². The van der Waals surface area contributed by atoms with Crippen molar-refractivity contribution in [2.75, 3.05) is 12.4 Å². The van der Waals surface area contributed by atoms with Crippen molar-refractivity contribution in [3.05, 3.63) is 22.7 Å². The van der Waals surface area contributed by atoms with Gasteiger partial charge in [-0.3, -0.25) is 4.79 Å². The number of benzene rings is 1. The largest absolute Gasteiger partial charge is 0.495 e. The third-order valence-corrected chi connectivity index (χ3v) is 2.67. The van der Waals surface area contributed by atoms with E-state index in [0.717, 1.165) is 5.56 Å². The highest BCUT2D eigenvalue weighted by atomic mass is 35.5. The number of halogens is 1. The smallest absolute Gasteiger partial charge is 0.227 e. The van der Waals surface area contributed by atoms with E-state index in [1.165, 1.54) is 0 Å². The van der Waals surface area contributed by atoms with Crippen LogP contribution in [0.2, 0.25) is 5.02 Å². The van der Waals surface area contributed by atoms with Crippen molar-refractivity contribution in [2.24, 2.45) is 5.92 Å². The number of carbonyl (C=O) groups excluding carboxylic acids is 1.